The second kappa shape index (κ2) is 9.02. The third-order valence-electron chi connectivity index (χ3n) is 6.22. The van der Waals surface area contributed by atoms with Crippen LogP contribution in [0.1, 0.15) is 17.2 Å². The zero-order valence-electron chi connectivity index (χ0n) is 18.3. The first-order chi connectivity index (χ1) is 16.4. The van der Waals surface area contributed by atoms with Crippen LogP contribution in [-0.2, 0) is 10.0 Å². The van der Waals surface area contributed by atoms with Crippen molar-refractivity contribution in [1.29, 1.82) is 0 Å². The first-order valence-corrected chi connectivity index (χ1v) is 12.5. The molecule has 1 saturated heterocycles. The number of hydrogen-bond donors (Lipinski definition) is 2. The molecular formula is C25H24N4O4S. The fourth-order valence-corrected chi connectivity index (χ4v) is 5.99. The topological polar surface area (TPSA) is 106 Å². The van der Waals surface area contributed by atoms with E-state index in [2.05, 4.69) is 39.1 Å². The number of piperazine rings is 1. The van der Waals surface area contributed by atoms with E-state index < -0.39 is 21.3 Å². The van der Waals surface area contributed by atoms with Crippen LogP contribution in [0.2, 0.25) is 0 Å². The van der Waals surface area contributed by atoms with E-state index in [0.717, 1.165) is 11.1 Å². The van der Waals surface area contributed by atoms with Gasteiger partial charge < -0.3 is 4.98 Å². The van der Waals surface area contributed by atoms with Crippen LogP contribution in [0.4, 0.5) is 0 Å². The minimum Gasteiger partial charge on any atom is -0.307 e. The molecule has 0 radical (unpaired) electrons. The normalized spacial score (nSPS) is 15.7. The van der Waals surface area contributed by atoms with Crippen LogP contribution in [0.5, 0.6) is 0 Å². The van der Waals surface area contributed by atoms with Crippen molar-refractivity contribution in [1.82, 2.24) is 19.2 Å². The van der Waals surface area contributed by atoms with Gasteiger partial charge in [0.25, 0.3) is 5.56 Å². The minimum absolute atomic E-state index is 0.0308. The number of nitrogens with zero attached hydrogens (tertiary/aromatic N) is 2. The summed E-state index contributed by atoms with van der Waals surface area (Å²) in [4.78, 5) is 30.6. The van der Waals surface area contributed by atoms with Crippen molar-refractivity contribution in [3.63, 3.8) is 0 Å². The summed E-state index contributed by atoms with van der Waals surface area (Å²) in [6.07, 6.45) is 0. The number of benzene rings is 3. The zero-order valence-corrected chi connectivity index (χ0v) is 19.2. The zero-order chi connectivity index (χ0) is 23.7. The van der Waals surface area contributed by atoms with Gasteiger partial charge in [-0.15, -0.1) is 0 Å². The summed E-state index contributed by atoms with van der Waals surface area (Å²) in [5.74, 6) is 0. The van der Waals surface area contributed by atoms with Crippen LogP contribution >= 0.6 is 0 Å². The van der Waals surface area contributed by atoms with E-state index in [1.807, 2.05) is 36.4 Å². The van der Waals surface area contributed by atoms with Gasteiger partial charge in [0.05, 0.1) is 21.8 Å². The molecule has 0 bridgehead atoms. The Morgan fingerprint density at radius 2 is 1.32 bits per heavy atom. The van der Waals surface area contributed by atoms with E-state index >= 15 is 0 Å². The van der Waals surface area contributed by atoms with E-state index in [0.29, 0.717) is 31.7 Å². The molecular weight excluding hydrogens is 452 g/mol. The molecule has 2 heterocycles. The molecule has 0 amide bonds. The van der Waals surface area contributed by atoms with Crippen LogP contribution in [0, 0.1) is 0 Å². The van der Waals surface area contributed by atoms with Gasteiger partial charge in [-0.1, -0.05) is 60.7 Å². The van der Waals surface area contributed by atoms with Gasteiger partial charge in [-0.25, -0.2) is 13.2 Å². The first kappa shape index (κ1) is 22.3. The molecule has 0 saturated carbocycles. The number of nitrogens with one attached hydrogen (secondary N) is 2. The van der Waals surface area contributed by atoms with Gasteiger partial charge in [0.2, 0.25) is 10.0 Å². The molecule has 3 aromatic carbocycles. The van der Waals surface area contributed by atoms with Crippen molar-refractivity contribution < 1.29 is 8.42 Å². The molecule has 2 N–H and O–H groups in total. The van der Waals surface area contributed by atoms with Crippen molar-refractivity contribution in [3.8, 4) is 0 Å². The Hall–Kier alpha value is -3.53. The third-order valence-corrected chi connectivity index (χ3v) is 8.11. The van der Waals surface area contributed by atoms with Gasteiger partial charge in [-0.3, -0.25) is 14.7 Å². The predicted molar refractivity (Wildman–Crippen MR) is 130 cm³/mol. The van der Waals surface area contributed by atoms with Gasteiger partial charge in [0.1, 0.15) is 0 Å². The van der Waals surface area contributed by atoms with Crippen LogP contribution in [0.25, 0.3) is 10.9 Å². The second-order valence-corrected chi connectivity index (χ2v) is 10.2. The number of rotatable bonds is 5. The summed E-state index contributed by atoms with van der Waals surface area (Å²) in [7, 11) is -3.80. The van der Waals surface area contributed by atoms with Crippen molar-refractivity contribution in [2.24, 2.45) is 0 Å². The number of aromatic amines is 2. The van der Waals surface area contributed by atoms with Gasteiger partial charge in [-0.05, 0) is 29.3 Å². The Morgan fingerprint density at radius 1 is 0.735 bits per heavy atom. The largest absolute Gasteiger partial charge is 0.326 e. The maximum atomic E-state index is 13.3. The molecule has 8 nitrogen and oxygen atoms in total. The highest BCUT2D eigenvalue weighted by atomic mass is 32.2. The SMILES string of the molecule is O=c1[nH]c(=O)c2cc(S(=O)(=O)N3CCN(C(c4ccccc4)c4ccccc4)CC3)ccc2[nH]1. The fraction of sp³-hybridized carbons (Fsp3) is 0.200. The highest BCUT2D eigenvalue weighted by Crippen LogP contribution is 2.30. The molecule has 0 spiro atoms. The summed E-state index contributed by atoms with van der Waals surface area (Å²) < 4.78 is 28.2. The Kier molecular flexibility index (Phi) is 5.91. The van der Waals surface area contributed by atoms with Gasteiger partial charge >= 0.3 is 5.69 Å². The summed E-state index contributed by atoms with van der Waals surface area (Å²) in [6.45, 7) is 1.79. The molecule has 174 valence electrons. The van der Waals surface area contributed by atoms with E-state index in [1.165, 1.54) is 22.5 Å². The van der Waals surface area contributed by atoms with Crippen LogP contribution in [-0.4, -0.2) is 53.8 Å². The average molecular weight is 477 g/mol. The maximum Gasteiger partial charge on any atom is 0.326 e. The summed E-state index contributed by atoms with van der Waals surface area (Å²) >= 11 is 0. The Balaban J connectivity index is 1.40. The molecule has 0 aliphatic carbocycles. The van der Waals surface area contributed by atoms with Crippen LogP contribution in [0.3, 0.4) is 0 Å². The maximum absolute atomic E-state index is 13.3. The Bertz CT molecular complexity index is 1480. The highest BCUT2D eigenvalue weighted by molar-refractivity contribution is 7.89. The molecule has 1 fully saturated rings. The van der Waals surface area contributed by atoms with E-state index in [4.69, 9.17) is 0 Å². The number of hydrogen-bond acceptors (Lipinski definition) is 5. The molecule has 1 aliphatic heterocycles. The lowest BCUT2D eigenvalue weighted by molar-refractivity contribution is 0.156. The van der Waals surface area contributed by atoms with Crippen LogP contribution in [0.15, 0.2) is 93.3 Å². The van der Waals surface area contributed by atoms with Crippen molar-refractivity contribution in [3.05, 3.63) is 111 Å². The van der Waals surface area contributed by atoms with Crippen LogP contribution < -0.4 is 11.2 Å². The summed E-state index contributed by atoms with van der Waals surface area (Å²) in [5.41, 5.74) is 1.37. The predicted octanol–water partition coefficient (Wildman–Crippen LogP) is 2.31. The Labute approximate surface area is 196 Å². The lowest BCUT2D eigenvalue weighted by atomic mass is 9.96. The first-order valence-electron chi connectivity index (χ1n) is 11.0. The number of aromatic nitrogens is 2. The summed E-state index contributed by atoms with van der Waals surface area (Å²) in [6, 6.07) is 24.6. The lowest BCUT2D eigenvalue weighted by Crippen LogP contribution is -2.49. The number of fused-ring (bicyclic) bond motifs is 1. The van der Waals surface area contributed by atoms with E-state index in [1.54, 1.807) is 0 Å². The van der Waals surface area contributed by atoms with E-state index in [-0.39, 0.29) is 16.3 Å². The monoisotopic (exact) mass is 476 g/mol. The average Bonchev–Trinajstić information content (AvgIpc) is 2.85. The van der Waals surface area contributed by atoms with Crippen molar-refractivity contribution in [2.75, 3.05) is 26.2 Å². The highest BCUT2D eigenvalue weighted by Gasteiger charge is 2.32. The minimum atomic E-state index is -3.80. The standard InChI is InChI=1S/C25H24N4O4S/c30-24-21-17-20(11-12-22(21)26-25(31)27-24)34(32,33)29-15-13-28(14-16-29)23(18-7-3-1-4-8-18)19-9-5-2-6-10-19/h1-12,17,23H,13-16H2,(H2,26,27,30,31). The summed E-state index contributed by atoms with van der Waals surface area (Å²) in [5, 5.41) is 0.132. The number of sulfonamides is 1. The van der Waals surface area contributed by atoms with Gasteiger partial charge in [-0.2, -0.15) is 4.31 Å². The molecule has 34 heavy (non-hydrogen) atoms. The van der Waals surface area contributed by atoms with Crippen molar-refractivity contribution >= 4 is 20.9 Å². The molecule has 0 atom stereocenters. The fourth-order valence-electron chi connectivity index (χ4n) is 4.54. The smallest absolute Gasteiger partial charge is 0.307 e. The quantitative estimate of drug-likeness (QED) is 0.460. The van der Waals surface area contributed by atoms with Gasteiger partial charge in [0.15, 0.2) is 0 Å². The van der Waals surface area contributed by atoms with Crippen molar-refractivity contribution in [2.45, 2.75) is 10.9 Å². The molecule has 0 unspecified atom stereocenters. The molecule has 9 heteroatoms. The lowest BCUT2D eigenvalue weighted by Gasteiger charge is -2.39. The third kappa shape index (κ3) is 4.21. The molecule has 1 aliphatic rings. The molecule has 5 rings (SSSR count). The number of H-pyrrole nitrogens is 2. The van der Waals surface area contributed by atoms with Gasteiger partial charge in [0, 0.05) is 26.2 Å². The Morgan fingerprint density at radius 3 is 1.91 bits per heavy atom. The van der Waals surface area contributed by atoms with E-state index in [9.17, 15) is 18.0 Å². The molecule has 1 aromatic heterocycles. The molecule has 4 aromatic rings. The second-order valence-electron chi connectivity index (χ2n) is 8.28.